The third-order valence-corrected chi connectivity index (χ3v) is 3.32. The number of hydrogen-bond donors (Lipinski definition) is 2. The molecule has 2 aromatic carbocycles. The summed E-state index contributed by atoms with van der Waals surface area (Å²) < 4.78 is 12.8. The molecular weight excluding hydrogens is 299 g/mol. The number of nitrogens with one attached hydrogen (secondary N) is 1. The van der Waals surface area contributed by atoms with Crippen LogP contribution in [0.5, 0.6) is 0 Å². The van der Waals surface area contributed by atoms with Gasteiger partial charge in [0.25, 0.3) is 5.91 Å². The van der Waals surface area contributed by atoms with Crippen molar-refractivity contribution in [3.63, 3.8) is 0 Å². The molecule has 0 atom stereocenters. The Morgan fingerprint density at radius 2 is 1.86 bits per heavy atom. The Kier molecular flexibility index (Phi) is 5.61. The van der Waals surface area contributed by atoms with Crippen LogP contribution >= 0.6 is 12.2 Å². The topological polar surface area (TPSA) is 55.1 Å². The van der Waals surface area contributed by atoms with Crippen LogP contribution in [0.2, 0.25) is 0 Å². The highest BCUT2D eigenvalue weighted by Gasteiger charge is 2.06. The average molecular weight is 316 g/mol. The van der Waals surface area contributed by atoms with E-state index < -0.39 is 0 Å². The normalized spacial score (nSPS) is 10.2. The minimum Gasteiger partial charge on any atom is -0.393 e. The summed E-state index contributed by atoms with van der Waals surface area (Å²) in [7, 11) is 0. The molecule has 0 aliphatic carbocycles. The van der Waals surface area contributed by atoms with Crippen molar-refractivity contribution in [1.29, 1.82) is 0 Å². The standard InChI is InChI=1S/C17H17FN2OS/c18-15-6-4-12(5-7-15)8-9-20-17(21)14-3-1-2-13(10-14)11-16(19)22/h1-7,10H,8-9,11H2,(H2,19,22)(H,20,21). The lowest BCUT2D eigenvalue weighted by molar-refractivity contribution is 0.0954. The van der Waals surface area contributed by atoms with Crippen molar-refractivity contribution in [2.75, 3.05) is 6.54 Å². The number of carbonyl (C=O) groups excluding carboxylic acids is 1. The predicted molar refractivity (Wildman–Crippen MR) is 89.4 cm³/mol. The van der Waals surface area contributed by atoms with Crippen LogP contribution < -0.4 is 11.1 Å². The minimum absolute atomic E-state index is 0.146. The van der Waals surface area contributed by atoms with E-state index in [2.05, 4.69) is 5.32 Å². The van der Waals surface area contributed by atoms with Crippen molar-refractivity contribution in [1.82, 2.24) is 5.32 Å². The van der Waals surface area contributed by atoms with Gasteiger partial charge in [-0.1, -0.05) is 36.5 Å². The van der Waals surface area contributed by atoms with E-state index >= 15 is 0 Å². The molecule has 5 heteroatoms. The summed E-state index contributed by atoms with van der Waals surface area (Å²) in [5.74, 6) is -0.408. The van der Waals surface area contributed by atoms with E-state index in [1.807, 2.05) is 12.1 Å². The largest absolute Gasteiger partial charge is 0.393 e. The van der Waals surface area contributed by atoms with Crippen LogP contribution in [0, 0.1) is 5.82 Å². The lowest BCUT2D eigenvalue weighted by atomic mass is 10.1. The fourth-order valence-corrected chi connectivity index (χ4v) is 2.26. The van der Waals surface area contributed by atoms with E-state index in [0.29, 0.717) is 29.9 Å². The highest BCUT2D eigenvalue weighted by molar-refractivity contribution is 7.80. The van der Waals surface area contributed by atoms with Crippen molar-refractivity contribution in [2.24, 2.45) is 5.73 Å². The lowest BCUT2D eigenvalue weighted by Crippen LogP contribution is -2.25. The van der Waals surface area contributed by atoms with Crippen LogP contribution in [-0.4, -0.2) is 17.4 Å². The van der Waals surface area contributed by atoms with Crippen molar-refractivity contribution in [3.05, 3.63) is 71.0 Å². The molecule has 0 saturated heterocycles. The Morgan fingerprint density at radius 1 is 1.14 bits per heavy atom. The summed E-state index contributed by atoms with van der Waals surface area (Å²) in [6.07, 6.45) is 1.13. The number of amides is 1. The molecule has 2 aromatic rings. The van der Waals surface area contributed by atoms with Gasteiger partial charge in [0.05, 0.1) is 4.99 Å². The highest BCUT2D eigenvalue weighted by atomic mass is 32.1. The SMILES string of the molecule is NC(=S)Cc1cccc(C(=O)NCCc2ccc(F)cc2)c1. The maximum Gasteiger partial charge on any atom is 0.251 e. The van der Waals surface area contributed by atoms with E-state index in [4.69, 9.17) is 18.0 Å². The second kappa shape index (κ2) is 7.66. The molecule has 0 saturated carbocycles. The zero-order valence-electron chi connectivity index (χ0n) is 12.0. The maximum absolute atomic E-state index is 12.8. The molecule has 114 valence electrons. The van der Waals surface area contributed by atoms with Crippen LogP contribution in [0.4, 0.5) is 4.39 Å². The van der Waals surface area contributed by atoms with Crippen molar-refractivity contribution >= 4 is 23.1 Å². The van der Waals surface area contributed by atoms with Gasteiger partial charge in [-0.05, 0) is 41.8 Å². The molecule has 0 bridgehead atoms. The fraction of sp³-hybridized carbons (Fsp3) is 0.176. The summed E-state index contributed by atoms with van der Waals surface area (Å²) in [5, 5.41) is 2.85. The van der Waals surface area contributed by atoms with Gasteiger partial charge in [0, 0.05) is 18.5 Å². The van der Waals surface area contributed by atoms with E-state index in [1.165, 1.54) is 12.1 Å². The summed E-state index contributed by atoms with van der Waals surface area (Å²) in [6, 6.07) is 13.5. The Bertz CT molecular complexity index is 671. The Labute approximate surface area is 134 Å². The van der Waals surface area contributed by atoms with E-state index in [1.54, 1.807) is 24.3 Å². The van der Waals surface area contributed by atoms with Crippen LogP contribution in [-0.2, 0) is 12.8 Å². The average Bonchev–Trinajstić information content (AvgIpc) is 2.49. The molecule has 0 aliphatic heterocycles. The number of rotatable bonds is 6. The van der Waals surface area contributed by atoms with Gasteiger partial charge >= 0.3 is 0 Å². The van der Waals surface area contributed by atoms with Gasteiger partial charge in [-0.25, -0.2) is 4.39 Å². The third-order valence-electron chi connectivity index (χ3n) is 3.18. The van der Waals surface area contributed by atoms with Gasteiger partial charge in [0.1, 0.15) is 5.82 Å². The number of hydrogen-bond acceptors (Lipinski definition) is 2. The molecule has 0 aromatic heterocycles. The Balaban J connectivity index is 1.89. The van der Waals surface area contributed by atoms with Crippen LogP contribution in [0.1, 0.15) is 21.5 Å². The van der Waals surface area contributed by atoms with Gasteiger partial charge in [0.15, 0.2) is 0 Å². The summed E-state index contributed by atoms with van der Waals surface area (Å²) in [6.45, 7) is 0.490. The molecule has 1 amide bonds. The first-order chi connectivity index (χ1) is 10.5. The molecule has 0 radical (unpaired) electrons. The van der Waals surface area contributed by atoms with Crippen molar-refractivity contribution in [2.45, 2.75) is 12.8 Å². The fourth-order valence-electron chi connectivity index (χ4n) is 2.10. The van der Waals surface area contributed by atoms with Crippen LogP contribution in [0.3, 0.4) is 0 Å². The number of nitrogens with two attached hydrogens (primary N) is 1. The predicted octanol–water partition coefficient (Wildman–Crippen LogP) is 2.63. The zero-order chi connectivity index (χ0) is 15.9. The number of benzene rings is 2. The van der Waals surface area contributed by atoms with E-state index in [0.717, 1.165) is 11.1 Å². The lowest BCUT2D eigenvalue weighted by Gasteiger charge is -2.07. The molecule has 3 N–H and O–H groups in total. The molecule has 3 nitrogen and oxygen atoms in total. The second-order valence-electron chi connectivity index (χ2n) is 4.98. The van der Waals surface area contributed by atoms with Gasteiger partial charge in [-0.15, -0.1) is 0 Å². The Hall–Kier alpha value is -2.27. The quantitative estimate of drug-likeness (QED) is 0.806. The summed E-state index contributed by atoms with van der Waals surface area (Å²) in [5.41, 5.74) is 7.98. The van der Waals surface area contributed by atoms with Gasteiger partial charge in [-0.3, -0.25) is 4.79 Å². The van der Waals surface area contributed by atoms with Gasteiger partial charge in [-0.2, -0.15) is 0 Å². The summed E-state index contributed by atoms with van der Waals surface area (Å²) in [4.78, 5) is 12.5. The maximum atomic E-state index is 12.8. The first-order valence-corrected chi connectivity index (χ1v) is 7.35. The Morgan fingerprint density at radius 3 is 2.55 bits per heavy atom. The monoisotopic (exact) mass is 316 g/mol. The molecule has 0 unspecified atom stereocenters. The smallest absolute Gasteiger partial charge is 0.251 e. The molecule has 0 aliphatic rings. The first kappa shape index (κ1) is 16.1. The summed E-state index contributed by atoms with van der Waals surface area (Å²) >= 11 is 4.87. The van der Waals surface area contributed by atoms with Crippen molar-refractivity contribution in [3.8, 4) is 0 Å². The van der Waals surface area contributed by atoms with E-state index in [9.17, 15) is 9.18 Å². The van der Waals surface area contributed by atoms with Gasteiger partial charge in [0.2, 0.25) is 0 Å². The van der Waals surface area contributed by atoms with Crippen molar-refractivity contribution < 1.29 is 9.18 Å². The highest BCUT2D eigenvalue weighted by Crippen LogP contribution is 2.07. The molecule has 2 rings (SSSR count). The molecule has 0 heterocycles. The third kappa shape index (κ3) is 4.93. The van der Waals surface area contributed by atoms with Gasteiger partial charge < -0.3 is 11.1 Å². The minimum atomic E-state index is -0.262. The zero-order valence-corrected chi connectivity index (χ0v) is 12.8. The van der Waals surface area contributed by atoms with E-state index in [-0.39, 0.29) is 11.7 Å². The molecule has 22 heavy (non-hydrogen) atoms. The molecule has 0 spiro atoms. The number of carbonyl (C=O) groups is 1. The first-order valence-electron chi connectivity index (χ1n) is 6.94. The second-order valence-corrected chi connectivity index (χ2v) is 5.50. The number of thiocarbonyl (C=S) groups is 1. The molecular formula is C17H17FN2OS. The molecule has 0 fully saturated rings. The van der Waals surface area contributed by atoms with Crippen LogP contribution in [0.15, 0.2) is 48.5 Å². The number of halogens is 1. The van der Waals surface area contributed by atoms with Crippen LogP contribution in [0.25, 0.3) is 0 Å².